The van der Waals surface area contributed by atoms with Crippen LogP contribution in [0, 0.1) is 6.92 Å². The van der Waals surface area contributed by atoms with Gasteiger partial charge in [-0.3, -0.25) is 4.79 Å². The number of benzene rings is 2. The number of hydrogen-bond donors (Lipinski definition) is 1. The van der Waals surface area contributed by atoms with Gasteiger partial charge in [-0.1, -0.05) is 27.2 Å². The summed E-state index contributed by atoms with van der Waals surface area (Å²) in [6, 6.07) is 10.9. The van der Waals surface area contributed by atoms with Gasteiger partial charge in [0.05, 0.1) is 20.4 Å². The first-order valence-corrected chi connectivity index (χ1v) is 8.26. The Morgan fingerprint density at radius 3 is 2.72 bits per heavy atom. The molecule has 0 heterocycles. The molecule has 0 unspecified atom stereocenters. The minimum absolute atomic E-state index is 0.197. The lowest BCUT2D eigenvalue weighted by atomic mass is 10.2. The Labute approximate surface area is 154 Å². The minimum atomic E-state index is -0.295. The summed E-state index contributed by atoms with van der Waals surface area (Å²) >= 11 is 3.42. The highest BCUT2D eigenvalue weighted by Gasteiger charge is 2.08. The predicted octanol–water partition coefficient (Wildman–Crippen LogP) is 3.76. The summed E-state index contributed by atoms with van der Waals surface area (Å²) in [5, 5.41) is 6.56. The highest BCUT2D eigenvalue weighted by atomic mass is 79.9. The molecular weight excluding hydrogens is 388 g/mol. The van der Waals surface area contributed by atoms with Crippen LogP contribution in [0.15, 0.2) is 46.0 Å². The lowest BCUT2D eigenvalue weighted by Crippen LogP contribution is -2.17. The first-order valence-electron chi connectivity index (χ1n) is 7.47. The maximum absolute atomic E-state index is 11.9. The number of halogens is 1. The van der Waals surface area contributed by atoms with Gasteiger partial charge in [-0.25, -0.2) is 0 Å². The van der Waals surface area contributed by atoms with Gasteiger partial charge in [0.25, 0.3) is 5.91 Å². The van der Waals surface area contributed by atoms with Gasteiger partial charge in [0, 0.05) is 15.7 Å². The molecular formula is C18H19BrN2O4. The standard InChI is InChI=1S/C18H19BrN2O4/c1-12-9-14(7-8-15(12)19)21-17(22)11-25-20-10-13-5-4-6-16(23-2)18(13)24-3/h4-10H,11H2,1-3H3,(H,21,22)/b20-10-. The smallest absolute Gasteiger partial charge is 0.265 e. The molecule has 0 aromatic heterocycles. The molecule has 0 saturated carbocycles. The third kappa shape index (κ3) is 5.22. The molecule has 132 valence electrons. The van der Waals surface area contributed by atoms with Crippen LogP contribution in [0.4, 0.5) is 5.69 Å². The Morgan fingerprint density at radius 2 is 2.04 bits per heavy atom. The van der Waals surface area contributed by atoms with E-state index in [4.69, 9.17) is 14.3 Å². The van der Waals surface area contributed by atoms with E-state index in [1.54, 1.807) is 32.4 Å². The summed E-state index contributed by atoms with van der Waals surface area (Å²) < 4.78 is 11.5. The van der Waals surface area contributed by atoms with Gasteiger partial charge in [-0.15, -0.1) is 0 Å². The van der Waals surface area contributed by atoms with E-state index < -0.39 is 0 Å². The highest BCUT2D eigenvalue weighted by Crippen LogP contribution is 2.29. The number of nitrogens with zero attached hydrogens (tertiary/aromatic N) is 1. The Bertz CT molecular complexity index is 778. The van der Waals surface area contributed by atoms with Crippen LogP contribution >= 0.6 is 15.9 Å². The van der Waals surface area contributed by atoms with E-state index in [1.807, 2.05) is 25.1 Å². The van der Waals surface area contributed by atoms with Crippen molar-refractivity contribution in [3.8, 4) is 11.5 Å². The molecule has 0 bridgehead atoms. The zero-order chi connectivity index (χ0) is 18.2. The monoisotopic (exact) mass is 406 g/mol. The van der Waals surface area contributed by atoms with Crippen molar-refractivity contribution < 1.29 is 19.1 Å². The van der Waals surface area contributed by atoms with Crippen molar-refractivity contribution in [1.29, 1.82) is 0 Å². The molecule has 6 nitrogen and oxygen atoms in total. The lowest BCUT2D eigenvalue weighted by Gasteiger charge is -2.09. The molecule has 2 rings (SSSR count). The second-order valence-corrected chi connectivity index (χ2v) is 5.96. The van der Waals surface area contributed by atoms with Crippen LogP contribution in [-0.2, 0) is 9.63 Å². The van der Waals surface area contributed by atoms with E-state index in [1.165, 1.54) is 6.21 Å². The molecule has 25 heavy (non-hydrogen) atoms. The predicted molar refractivity (Wildman–Crippen MR) is 101 cm³/mol. The van der Waals surface area contributed by atoms with E-state index in [9.17, 15) is 4.79 Å². The van der Waals surface area contributed by atoms with Crippen LogP contribution in [-0.4, -0.2) is 32.9 Å². The number of carbonyl (C=O) groups is 1. The summed E-state index contributed by atoms with van der Waals surface area (Å²) in [6.07, 6.45) is 1.47. The van der Waals surface area contributed by atoms with Crippen LogP contribution in [0.5, 0.6) is 11.5 Å². The third-order valence-corrected chi connectivity index (χ3v) is 4.23. The summed E-state index contributed by atoms with van der Waals surface area (Å²) in [4.78, 5) is 16.9. The number of ether oxygens (including phenoxy) is 2. The van der Waals surface area contributed by atoms with E-state index in [0.717, 1.165) is 10.0 Å². The molecule has 0 atom stereocenters. The molecule has 0 aliphatic carbocycles. The topological polar surface area (TPSA) is 69.2 Å². The molecule has 0 aliphatic heterocycles. The average molecular weight is 407 g/mol. The zero-order valence-corrected chi connectivity index (χ0v) is 15.8. The van der Waals surface area contributed by atoms with Gasteiger partial charge in [-0.05, 0) is 42.8 Å². The SMILES string of the molecule is COc1cccc(/C=N\OCC(=O)Nc2ccc(Br)c(C)c2)c1OC. The molecule has 0 saturated heterocycles. The number of para-hydroxylation sites is 1. The average Bonchev–Trinajstić information content (AvgIpc) is 2.61. The number of aryl methyl sites for hydroxylation is 1. The largest absolute Gasteiger partial charge is 0.493 e. The van der Waals surface area contributed by atoms with E-state index in [-0.39, 0.29) is 12.5 Å². The summed E-state index contributed by atoms with van der Waals surface area (Å²) in [7, 11) is 3.10. The van der Waals surface area contributed by atoms with Crippen LogP contribution in [0.2, 0.25) is 0 Å². The number of anilines is 1. The number of carbonyl (C=O) groups excluding carboxylic acids is 1. The van der Waals surface area contributed by atoms with Crippen LogP contribution < -0.4 is 14.8 Å². The molecule has 1 N–H and O–H groups in total. The van der Waals surface area contributed by atoms with Crippen molar-refractivity contribution in [3.63, 3.8) is 0 Å². The minimum Gasteiger partial charge on any atom is -0.493 e. The lowest BCUT2D eigenvalue weighted by molar-refractivity contribution is -0.120. The van der Waals surface area contributed by atoms with Crippen LogP contribution in [0.25, 0.3) is 0 Å². The summed E-state index contributed by atoms with van der Waals surface area (Å²) in [5.74, 6) is 0.846. The van der Waals surface area contributed by atoms with Gasteiger partial charge in [-0.2, -0.15) is 0 Å². The fourth-order valence-electron chi connectivity index (χ4n) is 2.12. The van der Waals surface area contributed by atoms with Crippen LogP contribution in [0.3, 0.4) is 0 Å². The fourth-order valence-corrected chi connectivity index (χ4v) is 2.37. The first kappa shape index (κ1) is 18.8. The molecule has 7 heteroatoms. The van der Waals surface area contributed by atoms with Gasteiger partial charge in [0.2, 0.25) is 0 Å². The molecule has 2 aromatic rings. The number of hydrogen-bond acceptors (Lipinski definition) is 5. The molecule has 1 amide bonds. The Hall–Kier alpha value is -2.54. The van der Waals surface area contributed by atoms with Crippen molar-refractivity contribution in [3.05, 3.63) is 52.0 Å². The molecule has 0 aliphatic rings. The maximum atomic E-state index is 11.9. The molecule has 0 radical (unpaired) electrons. The van der Waals surface area contributed by atoms with Crippen molar-refractivity contribution in [2.45, 2.75) is 6.92 Å². The summed E-state index contributed by atoms with van der Waals surface area (Å²) in [6.45, 7) is 1.75. The Kier molecular flexibility index (Phi) is 6.82. The second kappa shape index (κ2) is 9.08. The Balaban J connectivity index is 1.90. The second-order valence-electron chi connectivity index (χ2n) is 5.10. The van der Waals surface area contributed by atoms with Crippen molar-refractivity contribution in [2.75, 3.05) is 26.1 Å². The first-order chi connectivity index (χ1) is 12.0. The normalized spacial score (nSPS) is 10.6. The Morgan fingerprint density at radius 1 is 1.24 bits per heavy atom. The molecule has 2 aromatic carbocycles. The number of rotatable bonds is 7. The van der Waals surface area contributed by atoms with Crippen molar-refractivity contribution in [2.24, 2.45) is 5.16 Å². The zero-order valence-electron chi connectivity index (χ0n) is 14.2. The number of methoxy groups -OCH3 is 2. The quantitative estimate of drug-likeness (QED) is 0.561. The van der Waals surface area contributed by atoms with Gasteiger partial charge >= 0.3 is 0 Å². The van der Waals surface area contributed by atoms with E-state index in [2.05, 4.69) is 26.4 Å². The molecule has 0 fully saturated rings. The maximum Gasteiger partial charge on any atom is 0.265 e. The van der Waals surface area contributed by atoms with Gasteiger partial charge < -0.3 is 19.6 Å². The summed E-state index contributed by atoms with van der Waals surface area (Å²) in [5.41, 5.74) is 2.42. The molecule has 0 spiro atoms. The third-order valence-electron chi connectivity index (χ3n) is 3.34. The van der Waals surface area contributed by atoms with E-state index >= 15 is 0 Å². The van der Waals surface area contributed by atoms with Gasteiger partial charge in [0.15, 0.2) is 18.1 Å². The van der Waals surface area contributed by atoms with Crippen LogP contribution in [0.1, 0.15) is 11.1 Å². The van der Waals surface area contributed by atoms with Gasteiger partial charge in [0.1, 0.15) is 0 Å². The highest BCUT2D eigenvalue weighted by molar-refractivity contribution is 9.10. The van der Waals surface area contributed by atoms with Crippen molar-refractivity contribution in [1.82, 2.24) is 0 Å². The fraction of sp³-hybridized carbons (Fsp3) is 0.222. The van der Waals surface area contributed by atoms with E-state index in [0.29, 0.717) is 22.7 Å². The van der Waals surface area contributed by atoms with Crippen molar-refractivity contribution >= 4 is 33.7 Å². The number of oxime groups is 1. The number of nitrogens with one attached hydrogen (secondary N) is 1. The number of amides is 1.